The number of hydrogen-bond donors (Lipinski definition) is 0. The molecule has 0 bridgehead atoms. The standard InChI is InChI=1S/C12H14Cl3NOS/c13-5-2-6-16(8-3-1-4-8)12(17)9-7-10(14)18-11(9)15/h7-8H,1-6H2. The summed E-state index contributed by atoms with van der Waals surface area (Å²) in [6.45, 7) is 0.691. The maximum Gasteiger partial charge on any atom is 0.256 e. The van der Waals surface area contributed by atoms with Gasteiger partial charge in [-0.05, 0) is 31.7 Å². The second-order valence-electron chi connectivity index (χ2n) is 4.36. The average Bonchev–Trinajstić information content (AvgIpc) is 2.60. The lowest BCUT2D eigenvalue weighted by atomic mass is 9.91. The minimum atomic E-state index is -0.0158. The highest BCUT2D eigenvalue weighted by atomic mass is 35.5. The Hall–Kier alpha value is 0.0400. The van der Waals surface area contributed by atoms with E-state index in [1.165, 1.54) is 17.8 Å². The van der Waals surface area contributed by atoms with Crippen molar-refractivity contribution in [3.8, 4) is 0 Å². The smallest absolute Gasteiger partial charge is 0.256 e. The summed E-state index contributed by atoms with van der Waals surface area (Å²) in [6.07, 6.45) is 4.14. The van der Waals surface area contributed by atoms with Crippen LogP contribution in [0.3, 0.4) is 0 Å². The SMILES string of the molecule is O=C(c1cc(Cl)sc1Cl)N(CCCCl)C1CCC1. The molecule has 0 atom stereocenters. The van der Waals surface area contributed by atoms with E-state index >= 15 is 0 Å². The van der Waals surface area contributed by atoms with E-state index in [0.717, 1.165) is 19.3 Å². The van der Waals surface area contributed by atoms with Gasteiger partial charge in [0.2, 0.25) is 0 Å². The summed E-state index contributed by atoms with van der Waals surface area (Å²) in [7, 11) is 0. The van der Waals surface area contributed by atoms with E-state index in [1.807, 2.05) is 4.90 Å². The van der Waals surface area contributed by atoms with E-state index in [9.17, 15) is 4.79 Å². The third kappa shape index (κ3) is 3.13. The molecule has 0 N–H and O–H groups in total. The molecule has 0 aromatic carbocycles. The third-order valence-electron chi connectivity index (χ3n) is 3.20. The lowest BCUT2D eigenvalue weighted by Gasteiger charge is -2.37. The van der Waals surface area contributed by atoms with Crippen LogP contribution in [0.4, 0.5) is 0 Å². The van der Waals surface area contributed by atoms with Crippen molar-refractivity contribution in [1.29, 1.82) is 0 Å². The normalized spacial score (nSPS) is 15.5. The molecular weight excluding hydrogens is 313 g/mol. The van der Waals surface area contributed by atoms with Crippen LogP contribution in [0.25, 0.3) is 0 Å². The Kier molecular flexibility index (Phi) is 5.19. The average molecular weight is 327 g/mol. The van der Waals surface area contributed by atoms with Gasteiger partial charge in [-0.3, -0.25) is 4.79 Å². The first kappa shape index (κ1) is 14.4. The molecule has 2 nitrogen and oxygen atoms in total. The van der Waals surface area contributed by atoms with Gasteiger partial charge in [0.25, 0.3) is 5.91 Å². The molecule has 1 saturated carbocycles. The number of alkyl halides is 1. The van der Waals surface area contributed by atoms with Crippen LogP contribution >= 0.6 is 46.1 Å². The largest absolute Gasteiger partial charge is 0.336 e. The predicted octanol–water partition coefficient (Wildman–Crippen LogP) is 4.68. The molecule has 0 saturated heterocycles. The fourth-order valence-corrected chi connectivity index (χ4v) is 3.59. The minimum Gasteiger partial charge on any atom is -0.336 e. The summed E-state index contributed by atoms with van der Waals surface area (Å²) < 4.78 is 1.02. The number of hydrogen-bond acceptors (Lipinski definition) is 2. The zero-order valence-corrected chi connectivity index (χ0v) is 12.9. The van der Waals surface area contributed by atoms with E-state index in [4.69, 9.17) is 34.8 Å². The lowest BCUT2D eigenvalue weighted by molar-refractivity contribution is 0.0581. The van der Waals surface area contributed by atoms with Crippen LogP contribution in [0.15, 0.2) is 6.07 Å². The zero-order chi connectivity index (χ0) is 13.1. The molecule has 1 aliphatic carbocycles. The van der Waals surface area contributed by atoms with Crippen LogP contribution in [0, 0.1) is 0 Å². The molecule has 1 amide bonds. The van der Waals surface area contributed by atoms with Gasteiger partial charge in [-0.15, -0.1) is 22.9 Å². The van der Waals surface area contributed by atoms with Crippen molar-refractivity contribution in [2.75, 3.05) is 12.4 Å². The predicted molar refractivity (Wildman–Crippen MR) is 78.4 cm³/mol. The van der Waals surface area contributed by atoms with Gasteiger partial charge in [-0.1, -0.05) is 23.2 Å². The van der Waals surface area contributed by atoms with Crippen molar-refractivity contribution in [3.05, 3.63) is 20.3 Å². The summed E-state index contributed by atoms with van der Waals surface area (Å²) in [5, 5.41) is 0. The molecule has 100 valence electrons. The molecule has 18 heavy (non-hydrogen) atoms. The van der Waals surface area contributed by atoms with Crippen molar-refractivity contribution in [3.63, 3.8) is 0 Å². The first-order valence-corrected chi connectivity index (χ1v) is 8.06. The Bertz CT molecular complexity index is 431. The van der Waals surface area contributed by atoms with Gasteiger partial charge in [0.05, 0.1) is 9.90 Å². The number of carbonyl (C=O) groups excluding carboxylic acids is 1. The van der Waals surface area contributed by atoms with Crippen LogP contribution in [0.2, 0.25) is 8.67 Å². The second kappa shape index (κ2) is 6.47. The Balaban J connectivity index is 2.13. The molecule has 2 rings (SSSR count). The quantitative estimate of drug-likeness (QED) is 0.720. The topological polar surface area (TPSA) is 20.3 Å². The van der Waals surface area contributed by atoms with Crippen molar-refractivity contribution in [2.24, 2.45) is 0 Å². The maximum atomic E-state index is 12.5. The fraction of sp³-hybridized carbons (Fsp3) is 0.583. The van der Waals surface area contributed by atoms with Gasteiger partial charge < -0.3 is 4.90 Å². The van der Waals surface area contributed by atoms with Crippen LogP contribution in [-0.4, -0.2) is 29.3 Å². The number of halogens is 3. The highest BCUT2D eigenvalue weighted by Gasteiger charge is 2.30. The number of amides is 1. The third-order valence-corrected chi connectivity index (χ3v) is 4.95. The van der Waals surface area contributed by atoms with Gasteiger partial charge in [-0.25, -0.2) is 0 Å². The molecule has 6 heteroatoms. The molecule has 1 fully saturated rings. The van der Waals surface area contributed by atoms with Crippen molar-refractivity contribution >= 4 is 52.0 Å². The number of nitrogens with zero attached hydrogens (tertiary/aromatic N) is 1. The Morgan fingerprint density at radius 1 is 1.44 bits per heavy atom. The lowest BCUT2D eigenvalue weighted by Crippen LogP contribution is -2.44. The van der Waals surface area contributed by atoms with Crippen molar-refractivity contribution in [1.82, 2.24) is 4.90 Å². The van der Waals surface area contributed by atoms with Crippen LogP contribution in [-0.2, 0) is 0 Å². The zero-order valence-electron chi connectivity index (χ0n) is 9.79. The van der Waals surface area contributed by atoms with Crippen molar-refractivity contribution in [2.45, 2.75) is 31.7 Å². The first-order chi connectivity index (χ1) is 8.63. The monoisotopic (exact) mass is 325 g/mol. The molecule has 0 unspecified atom stereocenters. The molecule has 0 aliphatic heterocycles. The van der Waals surface area contributed by atoms with E-state index in [0.29, 0.717) is 32.7 Å². The van der Waals surface area contributed by atoms with Crippen LogP contribution < -0.4 is 0 Å². The van der Waals surface area contributed by atoms with Gasteiger partial charge in [0, 0.05) is 18.5 Å². The first-order valence-electron chi connectivity index (χ1n) is 5.95. The molecule has 0 radical (unpaired) electrons. The molecule has 0 spiro atoms. The van der Waals surface area contributed by atoms with E-state index in [-0.39, 0.29) is 5.91 Å². The van der Waals surface area contributed by atoms with Gasteiger partial charge in [-0.2, -0.15) is 0 Å². The summed E-state index contributed by atoms with van der Waals surface area (Å²) in [4.78, 5) is 14.4. The minimum absolute atomic E-state index is 0.0158. The molecule has 1 aliphatic rings. The van der Waals surface area contributed by atoms with E-state index in [2.05, 4.69) is 0 Å². The Morgan fingerprint density at radius 2 is 2.17 bits per heavy atom. The number of carbonyl (C=O) groups is 1. The molecule has 1 aromatic heterocycles. The Morgan fingerprint density at radius 3 is 2.61 bits per heavy atom. The summed E-state index contributed by atoms with van der Waals surface area (Å²) in [6, 6.07) is 2.00. The fourth-order valence-electron chi connectivity index (χ4n) is 2.02. The van der Waals surface area contributed by atoms with Gasteiger partial charge >= 0.3 is 0 Å². The number of rotatable bonds is 5. The molecule has 1 heterocycles. The molecular formula is C12H14Cl3NOS. The van der Waals surface area contributed by atoms with Crippen LogP contribution in [0.5, 0.6) is 0 Å². The second-order valence-corrected chi connectivity index (χ2v) is 7.03. The number of thiophene rings is 1. The van der Waals surface area contributed by atoms with Crippen molar-refractivity contribution < 1.29 is 4.79 Å². The summed E-state index contributed by atoms with van der Waals surface area (Å²) >= 11 is 18.9. The van der Waals surface area contributed by atoms with E-state index in [1.54, 1.807) is 6.07 Å². The Labute approximate surface area is 126 Å². The summed E-state index contributed by atoms with van der Waals surface area (Å²) in [5.74, 6) is 0.548. The highest BCUT2D eigenvalue weighted by Crippen LogP contribution is 2.34. The molecule has 1 aromatic rings. The maximum absolute atomic E-state index is 12.5. The van der Waals surface area contributed by atoms with E-state index < -0.39 is 0 Å². The van der Waals surface area contributed by atoms with Crippen LogP contribution in [0.1, 0.15) is 36.0 Å². The highest BCUT2D eigenvalue weighted by molar-refractivity contribution is 7.20. The van der Waals surface area contributed by atoms with Gasteiger partial charge in [0.1, 0.15) is 4.34 Å². The summed E-state index contributed by atoms with van der Waals surface area (Å²) in [5.41, 5.74) is 0.521. The van der Waals surface area contributed by atoms with Gasteiger partial charge in [0.15, 0.2) is 0 Å².